The highest BCUT2D eigenvalue weighted by atomic mass is 32.1. The maximum atomic E-state index is 5.60. The van der Waals surface area contributed by atoms with Gasteiger partial charge in [-0.05, 0) is 59.3 Å². The van der Waals surface area contributed by atoms with Crippen LogP contribution in [0.1, 0.15) is 29.5 Å². The van der Waals surface area contributed by atoms with E-state index < -0.39 is 0 Å². The van der Waals surface area contributed by atoms with E-state index in [1.165, 1.54) is 29.5 Å². The molecule has 2 nitrogen and oxygen atoms in total. The zero-order valence-corrected chi connectivity index (χ0v) is 12.6. The average Bonchev–Trinajstić information content (AvgIpc) is 3.19. The fourth-order valence-electron chi connectivity index (χ4n) is 2.58. The molecule has 1 heterocycles. The van der Waals surface area contributed by atoms with E-state index in [0.29, 0.717) is 0 Å². The smallest absolute Gasteiger partial charge is 0.0248 e. The lowest BCUT2D eigenvalue weighted by molar-refractivity contribution is 0.246. The first-order chi connectivity index (χ1) is 9.85. The molecule has 2 aromatic rings. The van der Waals surface area contributed by atoms with Crippen LogP contribution in [0.5, 0.6) is 0 Å². The largest absolute Gasteiger partial charge is 0.330 e. The van der Waals surface area contributed by atoms with Crippen molar-refractivity contribution in [3.63, 3.8) is 0 Å². The minimum absolute atomic E-state index is 0.728. The SMILES string of the molecule is NCCc1ccc(CN(Cc2ccsc2)C2CC2)cc1. The Hall–Kier alpha value is -1.16. The van der Waals surface area contributed by atoms with E-state index in [1.807, 2.05) is 0 Å². The molecule has 0 saturated heterocycles. The van der Waals surface area contributed by atoms with Crippen molar-refractivity contribution in [1.29, 1.82) is 0 Å². The number of hydrogen-bond donors (Lipinski definition) is 1. The van der Waals surface area contributed by atoms with Crippen molar-refractivity contribution in [3.05, 3.63) is 57.8 Å². The topological polar surface area (TPSA) is 29.3 Å². The number of rotatable bonds is 7. The summed E-state index contributed by atoms with van der Waals surface area (Å²) in [6.45, 7) is 2.87. The van der Waals surface area contributed by atoms with E-state index >= 15 is 0 Å². The summed E-state index contributed by atoms with van der Waals surface area (Å²) in [6.07, 6.45) is 3.69. The Morgan fingerprint density at radius 3 is 2.30 bits per heavy atom. The molecule has 1 aliphatic carbocycles. The van der Waals surface area contributed by atoms with Crippen LogP contribution in [-0.4, -0.2) is 17.5 Å². The van der Waals surface area contributed by atoms with Gasteiger partial charge in [0.2, 0.25) is 0 Å². The van der Waals surface area contributed by atoms with Gasteiger partial charge in [0.1, 0.15) is 0 Å². The molecular formula is C17H22N2S. The van der Waals surface area contributed by atoms with Crippen LogP contribution in [0, 0.1) is 0 Å². The number of nitrogens with zero attached hydrogens (tertiary/aromatic N) is 1. The first kappa shape index (κ1) is 13.8. The lowest BCUT2D eigenvalue weighted by atomic mass is 10.1. The molecule has 0 spiro atoms. The fraction of sp³-hybridized carbons (Fsp3) is 0.412. The summed E-state index contributed by atoms with van der Waals surface area (Å²) in [5.74, 6) is 0. The highest BCUT2D eigenvalue weighted by Crippen LogP contribution is 2.30. The first-order valence-electron chi connectivity index (χ1n) is 7.38. The third kappa shape index (κ3) is 3.69. The molecule has 3 heteroatoms. The minimum atomic E-state index is 0.728. The molecule has 1 aliphatic rings. The zero-order chi connectivity index (χ0) is 13.8. The molecule has 1 fully saturated rings. The summed E-state index contributed by atoms with van der Waals surface area (Å²) >= 11 is 1.79. The lowest BCUT2D eigenvalue weighted by Crippen LogP contribution is -2.24. The van der Waals surface area contributed by atoms with Gasteiger partial charge < -0.3 is 5.73 Å². The molecule has 0 radical (unpaired) electrons. The van der Waals surface area contributed by atoms with E-state index in [4.69, 9.17) is 5.73 Å². The predicted molar refractivity (Wildman–Crippen MR) is 85.8 cm³/mol. The average molecular weight is 286 g/mol. The monoisotopic (exact) mass is 286 g/mol. The first-order valence-corrected chi connectivity index (χ1v) is 8.32. The van der Waals surface area contributed by atoms with Crippen LogP contribution in [0.4, 0.5) is 0 Å². The van der Waals surface area contributed by atoms with Crippen LogP contribution < -0.4 is 5.73 Å². The Bertz CT molecular complexity index is 514. The van der Waals surface area contributed by atoms with Gasteiger partial charge in [-0.15, -0.1) is 0 Å². The number of nitrogens with two attached hydrogens (primary N) is 1. The molecule has 3 rings (SSSR count). The molecule has 1 saturated carbocycles. The summed E-state index contributed by atoms with van der Waals surface area (Å²) in [5.41, 5.74) is 9.79. The van der Waals surface area contributed by atoms with Crippen molar-refractivity contribution in [2.24, 2.45) is 5.73 Å². The van der Waals surface area contributed by atoms with Gasteiger partial charge in [0, 0.05) is 19.1 Å². The molecule has 0 aliphatic heterocycles. The molecule has 106 valence electrons. The van der Waals surface area contributed by atoms with Gasteiger partial charge in [0.25, 0.3) is 0 Å². The van der Waals surface area contributed by atoms with Gasteiger partial charge in [-0.3, -0.25) is 4.90 Å². The fourth-order valence-corrected chi connectivity index (χ4v) is 3.24. The van der Waals surface area contributed by atoms with Crippen molar-refractivity contribution < 1.29 is 0 Å². The molecule has 1 aromatic carbocycles. The molecule has 0 amide bonds. The summed E-state index contributed by atoms with van der Waals surface area (Å²) in [5, 5.41) is 4.43. The third-order valence-corrected chi connectivity index (χ3v) is 4.60. The molecule has 2 N–H and O–H groups in total. The van der Waals surface area contributed by atoms with E-state index in [9.17, 15) is 0 Å². The maximum absolute atomic E-state index is 5.60. The van der Waals surface area contributed by atoms with Crippen molar-refractivity contribution in [2.45, 2.75) is 38.4 Å². The van der Waals surface area contributed by atoms with Crippen LogP contribution in [0.3, 0.4) is 0 Å². The van der Waals surface area contributed by atoms with Crippen molar-refractivity contribution in [3.8, 4) is 0 Å². The molecule has 1 aromatic heterocycles. The van der Waals surface area contributed by atoms with Gasteiger partial charge in [-0.1, -0.05) is 24.3 Å². The molecule has 0 bridgehead atoms. The van der Waals surface area contributed by atoms with E-state index in [-0.39, 0.29) is 0 Å². The van der Waals surface area contributed by atoms with E-state index in [2.05, 4.69) is 46.0 Å². The van der Waals surface area contributed by atoms with Gasteiger partial charge in [0.05, 0.1) is 0 Å². The lowest BCUT2D eigenvalue weighted by Gasteiger charge is -2.21. The minimum Gasteiger partial charge on any atom is -0.330 e. The second-order valence-electron chi connectivity index (χ2n) is 5.62. The Morgan fingerprint density at radius 2 is 1.70 bits per heavy atom. The summed E-state index contributed by atoms with van der Waals surface area (Å²) in [6, 6.07) is 12.0. The van der Waals surface area contributed by atoms with Gasteiger partial charge in [-0.2, -0.15) is 11.3 Å². The molecule has 20 heavy (non-hydrogen) atoms. The molecular weight excluding hydrogens is 264 g/mol. The Balaban J connectivity index is 1.63. The van der Waals surface area contributed by atoms with Crippen LogP contribution in [0.15, 0.2) is 41.1 Å². The van der Waals surface area contributed by atoms with Gasteiger partial charge in [-0.25, -0.2) is 0 Å². The quantitative estimate of drug-likeness (QED) is 0.845. The second-order valence-corrected chi connectivity index (χ2v) is 6.40. The maximum Gasteiger partial charge on any atom is 0.0248 e. The molecule has 0 atom stereocenters. The highest BCUT2D eigenvalue weighted by Gasteiger charge is 2.28. The van der Waals surface area contributed by atoms with Crippen molar-refractivity contribution in [1.82, 2.24) is 4.90 Å². The van der Waals surface area contributed by atoms with E-state index in [1.54, 1.807) is 11.3 Å². The number of hydrogen-bond acceptors (Lipinski definition) is 3. The van der Waals surface area contributed by atoms with Crippen molar-refractivity contribution in [2.75, 3.05) is 6.54 Å². The Labute approximate surface area is 125 Å². The molecule has 0 unspecified atom stereocenters. The van der Waals surface area contributed by atoms with Crippen LogP contribution in [0.2, 0.25) is 0 Å². The normalized spacial score (nSPS) is 14.9. The highest BCUT2D eigenvalue weighted by molar-refractivity contribution is 7.07. The van der Waals surface area contributed by atoms with Gasteiger partial charge in [0.15, 0.2) is 0 Å². The predicted octanol–water partition coefficient (Wildman–Crippen LogP) is 3.41. The number of benzene rings is 1. The summed E-state index contributed by atoms with van der Waals surface area (Å²) in [7, 11) is 0. The standard InChI is InChI=1S/C17H22N2S/c18-9-7-14-1-3-15(4-2-14)11-19(17-5-6-17)12-16-8-10-20-13-16/h1-4,8,10,13,17H,5-7,9,11-12,18H2. The van der Waals surface area contributed by atoms with Crippen LogP contribution in [0.25, 0.3) is 0 Å². The Kier molecular flexibility index (Phi) is 4.51. The van der Waals surface area contributed by atoms with Crippen LogP contribution >= 0.6 is 11.3 Å². The summed E-state index contributed by atoms with van der Waals surface area (Å²) < 4.78 is 0. The second kappa shape index (κ2) is 6.53. The third-order valence-electron chi connectivity index (χ3n) is 3.87. The zero-order valence-electron chi connectivity index (χ0n) is 11.8. The summed E-state index contributed by atoms with van der Waals surface area (Å²) in [4.78, 5) is 2.61. The van der Waals surface area contributed by atoms with Crippen molar-refractivity contribution >= 4 is 11.3 Å². The van der Waals surface area contributed by atoms with E-state index in [0.717, 1.165) is 32.1 Å². The number of thiophene rings is 1. The Morgan fingerprint density at radius 1 is 1.00 bits per heavy atom. The van der Waals surface area contributed by atoms with Gasteiger partial charge >= 0.3 is 0 Å². The van der Waals surface area contributed by atoms with Crippen LogP contribution in [-0.2, 0) is 19.5 Å².